The van der Waals surface area contributed by atoms with Gasteiger partial charge in [0.25, 0.3) is 0 Å². The molecule has 1 aromatic rings. The van der Waals surface area contributed by atoms with Gasteiger partial charge in [-0.2, -0.15) is 0 Å². The van der Waals surface area contributed by atoms with Gasteiger partial charge >= 0.3 is 0 Å². The van der Waals surface area contributed by atoms with Gasteiger partial charge in [-0.25, -0.2) is 9.97 Å². The summed E-state index contributed by atoms with van der Waals surface area (Å²) in [6.07, 6.45) is 8.42. The molecule has 0 radical (unpaired) electrons. The third-order valence-corrected chi connectivity index (χ3v) is 5.20. The summed E-state index contributed by atoms with van der Waals surface area (Å²) in [7, 11) is 0. The zero-order valence-electron chi connectivity index (χ0n) is 12.5. The number of hydrogen-bond acceptors (Lipinski definition) is 4. The average Bonchev–Trinajstić information content (AvgIpc) is 3.36. The van der Waals surface area contributed by atoms with Gasteiger partial charge < -0.3 is 10.2 Å². The number of nitrogens with one attached hydrogen (secondary N) is 1. The van der Waals surface area contributed by atoms with Crippen molar-refractivity contribution in [2.24, 2.45) is 17.3 Å². The van der Waals surface area contributed by atoms with Crippen LogP contribution in [-0.4, -0.2) is 35.5 Å². The lowest BCUT2D eigenvalue weighted by Gasteiger charge is -2.16. The van der Waals surface area contributed by atoms with Gasteiger partial charge in [-0.05, 0) is 44.1 Å². The van der Waals surface area contributed by atoms with E-state index in [1.54, 1.807) is 0 Å². The topological polar surface area (TPSA) is 58.1 Å². The summed E-state index contributed by atoms with van der Waals surface area (Å²) in [6, 6.07) is 0. The lowest BCUT2D eigenvalue weighted by Crippen LogP contribution is -2.30. The Morgan fingerprint density at radius 2 is 2.19 bits per heavy atom. The Balaban J connectivity index is 1.35. The molecule has 1 aromatic heterocycles. The van der Waals surface area contributed by atoms with Crippen molar-refractivity contribution in [1.82, 2.24) is 15.3 Å². The smallest absolute Gasteiger partial charge is 0.225 e. The van der Waals surface area contributed by atoms with E-state index in [1.807, 2.05) is 19.3 Å². The quantitative estimate of drug-likeness (QED) is 0.912. The molecule has 4 rings (SSSR count). The van der Waals surface area contributed by atoms with Crippen molar-refractivity contribution >= 4 is 11.9 Å². The molecule has 0 unspecified atom stereocenters. The normalized spacial score (nSPS) is 30.7. The molecule has 2 heterocycles. The van der Waals surface area contributed by atoms with E-state index in [1.165, 1.54) is 12.8 Å². The molecule has 1 N–H and O–H groups in total. The van der Waals surface area contributed by atoms with E-state index in [0.717, 1.165) is 49.9 Å². The van der Waals surface area contributed by atoms with Crippen LogP contribution in [0.25, 0.3) is 0 Å². The van der Waals surface area contributed by atoms with Crippen molar-refractivity contribution in [3.05, 3.63) is 18.0 Å². The molecule has 2 atom stereocenters. The first-order valence-electron chi connectivity index (χ1n) is 7.98. The van der Waals surface area contributed by atoms with E-state index >= 15 is 0 Å². The minimum absolute atomic E-state index is 0.196. The van der Waals surface area contributed by atoms with Crippen LogP contribution in [0.5, 0.6) is 0 Å². The maximum absolute atomic E-state index is 12.2. The van der Waals surface area contributed by atoms with Crippen molar-refractivity contribution in [1.29, 1.82) is 0 Å². The Labute approximate surface area is 125 Å². The highest BCUT2D eigenvalue weighted by molar-refractivity contribution is 5.83. The first kappa shape index (κ1) is 13.0. The number of nitrogens with zero attached hydrogens (tertiary/aromatic N) is 3. The Hall–Kier alpha value is -1.65. The number of hydrogen-bond donors (Lipinski definition) is 1. The molecule has 5 heteroatoms. The number of anilines is 1. The second-order valence-corrected chi connectivity index (χ2v) is 7.04. The predicted octanol–water partition coefficient (Wildman–Crippen LogP) is 1.53. The van der Waals surface area contributed by atoms with Crippen LogP contribution in [0.1, 0.15) is 31.2 Å². The summed E-state index contributed by atoms with van der Waals surface area (Å²) in [5, 5.41) is 3.13. The highest BCUT2D eigenvalue weighted by Crippen LogP contribution is 2.58. The molecule has 21 heavy (non-hydrogen) atoms. The molecule has 0 bridgehead atoms. The van der Waals surface area contributed by atoms with Crippen molar-refractivity contribution in [2.45, 2.75) is 32.6 Å². The molecule has 1 saturated heterocycles. The van der Waals surface area contributed by atoms with Crippen LogP contribution in [0.15, 0.2) is 12.4 Å². The van der Waals surface area contributed by atoms with E-state index in [-0.39, 0.29) is 17.2 Å². The van der Waals surface area contributed by atoms with Crippen molar-refractivity contribution in [2.75, 3.05) is 24.5 Å². The van der Waals surface area contributed by atoms with Crippen LogP contribution in [0, 0.1) is 24.2 Å². The van der Waals surface area contributed by atoms with Crippen LogP contribution in [0.2, 0.25) is 0 Å². The molecule has 2 aliphatic carbocycles. The molecule has 0 aromatic carbocycles. The van der Waals surface area contributed by atoms with Crippen LogP contribution in [-0.2, 0) is 4.79 Å². The number of amides is 1. The maximum Gasteiger partial charge on any atom is 0.225 e. The fourth-order valence-corrected chi connectivity index (χ4v) is 3.48. The van der Waals surface area contributed by atoms with Crippen LogP contribution >= 0.6 is 0 Å². The van der Waals surface area contributed by atoms with Gasteiger partial charge in [0.1, 0.15) is 0 Å². The number of aryl methyl sites for hydroxylation is 1. The first-order valence-corrected chi connectivity index (χ1v) is 7.98. The monoisotopic (exact) mass is 286 g/mol. The van der Waals surface area contributed by atoms with Gasteiger partial charge in [0.15, 0.2) is 0 Å². The molecule has 2 saturated carbocycles. The van der Waals surface area contributed by atoms with Gasteiger partial charge in [0.05, 0.1) is 0 Å². The number of rotatable bonds is 4. The summed E-state index contributed by atoms with van der Waals surface area (Å²) >= 11 is 0. The van der Waals surface area contributed by atoms with E-state index in [2.05, 4.69) is 20.2 Å². The van der Waals surface area contributed by atoms with Crippen LogP contribution < -0.4 is 10.2 Å². The Bertz CT molecular complexity index is 554. The lowest BCUT2D eigenvalue weighted by molar-refractivity contribution is -0.123. The van der Waals surface area contributed by atoms with Gasteiger partial charge in [-0.3, -0.25) is 4.79 Å². The zero-order valence-corrected chi connectivity index (χ0v) is 12.5. The Kier molecular flexibility index (Phi) is 2.91. The largest absolute Gasteiger partial charge is 0.356 e. The highest BCUT2D eigenvalue weighted by Gasteiger charge is 2.61. The third-order valence-electron chi connectivity index (χ3n) is 5.20. The zero-order chi connectivity index (χ0) is 14.4. The van der Waals surface area contributed by atoms with Gasteiger partial charge in [-0.15, -0.1) is 0 Å². The molecule has 1 amide bonds. The van der Waals surface area contributed by atoms with Crippen molar-refractivity contribution < 1.29 is 4.79 Å². The standard InChI is InChI=1S/C16H22N4O/c1-11-7-18-15(19-8-11)20-5-4-16(10-20)6-13(16)14(21)17-9-12-2-3-12/h7-8,12-13H,2-6,9-10H2,1H3,(H,17,21)/t13-,16+/m1/s1. The molecular formula is C16H22N4O. The fraction of sp³-hybridized carbons (Fsp3) is 0.688. The number of carbonyl (C=O) groups is 1. The summed E-state index contributed by atoms with van der Waals surface area (Å²) in [5.74, 6) is 2.05. The molecule has 1 aliphatic heterocycles. The Morgan fingerprint density at radius 3 is 2.90 bits per heavy atom. The van der Waals surface area contributed by atoms with E-state index in [9.17, 15) is 4.79 Å². The third kappa shape index (κ3) is 2.49. The minimum atomic E-state index is 0.196. The van der Waals surface area contributed by atoms with Crippen LogP contribution in [0.3, 0.4) is 0 Å². The highest BCUT2D eigenvalue weighted by atomic mass is 16.2. The van der Waals surface area contributed by atoms with Crippen molar-refractivity contribution in [3.8, 4) is 0 Å². The fourth-order valence-electron chi connectivity index (χ4n) is 3.48. The molecular weight excluding hydrogens is 264 g/mol. The summed E-state index contributed by atoms with van der Waals surface area (Å²) in [5.41, 5.74) is 1.28. The first-order chi connectivity index (χ1) is 10.2. The Morgan fingerprint density at radius 1 is 1.43 bits per heavy atom. The van der Waals surface area contributed by atoms with Crippen LogP contribution in [0.4, 0.5) is 5.95 Å². The summed E-state index contributed by atoms with van der Waals surface area (Å²) in [6.45, 7) is 4.78. The lowest BCUT2D eigenvalue weighted by atomic mass is 10.0. The predicted molar refractivity (Wildman–Crippen MR) is 79.9 cm³/mol. The number of aromatic nitrogens is 2. The average molecular weight is 286 g/mol. The molecule has 112 valence electrons. The minimum Gasteiger partial charge on any atom is -0.356 e. The second kappa shape index (κ2) is 4.68. The second-order valence-electron chi connectivity index (χ2n) is 7.04. The molecule has 3 aliphatic rings. The SMILES string of the molecule is Cc1cnc(N2CC[C@]3(C[C@@H]3C(=O)NCC3CC3)C2)nc1. The van der Waals surface area contributed by atoms with E-state index in [0.29, 0.717) is 0 Å². The van der Waals surface area contributed by atoms with Gasteiger partial charge in [0, 0.05) is 43.4 Å². The van der Waals surface area contributed by atoms with Gasteiger partial charge in [0.2, 0.25) is 11.9 Å². The molecule has 5 nitrogen and oxygen atoms in total. The number of carbonyl (C=O) groups excluding carboxylic acids is 1. The summed E-state index contributed by atoms with van der Waals surface area (Å²) < 4.78 is 0. The van der Waals surface area contributed by atoms with Gasteiger partial charge in [-0.1, -0.05) is 0 Å². The van der Waals surface area contributed by atoms with Crippen molar-refractivity contribution in [3.63, 3.8) is 0 Å². The summed E-state index contributed by atoms with van der Waals surface area (Å²) in [4.78, 5) is 23.3. The maximum atomic E-state index is 12.2. The van der Waals surface area contributed by atoms with E-state index < -0.39 is 0 Å². The molecule has 1 spiro atoms. The molecule has 3 fully saturated rings. The van der Waals surface area contributed by atoms with E-state index in [4.69, 9.17) is 0 Å².